The van der Waals surface area contributed by atoms with Gasteiger partial charge < -0.3 is 9.47 Å². The van der Waals surface area contributed by atoms with Crippen LogP contribution in [0, 0.1) is 0 Å². The van der Waals surface area contributed by atoms with Crippen LogP contribution in [0.25, 0.3) is 0 Å². The monoisotopic (exact) mass is 478 g/mol. The number of unbranched alkanes of at least 4 members (excludes halogenated alkanes) is 13. The van der Waals surface area contributed by atoms with Crippen LogP contribution in [-0.2, 0) is 19.1 Å². The molecule has 0 N–H and O–H groups in total. The zero-order chi connectivity index (χ0) is 25.4. The highest BCUT2D eigenvalue weighted by molar-refractivity contribution is 5.87. The highest BCUT2D eigenvalue weighted by Gasteiger charge is 2.17. The van der Waals surface area contributed by atoms with Crippen LogP contribution < -0.4 is 0 Å². The average molecular weight is 479 g/mol. The van der Waals surface area contributed by atoms with Gasteiger partial charge in [-0.15, -0.1) is 0 Å². The first-order chi connectivity index (χ1) is 16.4. The lowest BCUT2D eigenvalue weighted by Gasteiger charge is -2.21. The number of carbonyl (C=O) groups is 2. The van der Waals surface area contributed by atoms with Gasteiger partial charge in [-0.25, -0.2) is 9.59 Å². The average Bonchev–Trinajstić information content (AvgIpc) is 2.82. The highest BCUT2D eigenvalue weighted by atomic mass is 16.5. The minimum Gasteiger partial charge on any atom is -0.462 e. The summed E-state index contributed by atoms with van der Waals surface area (Å²) in [6, 6.07) is 0. The molecule has 4 heteroatoms. The summed E-state index contributed by atoms with van der Waals surface area (Å²) < 4.78 is 10.3. The number of esters is 2. The van der Waals surface area contributed by atoms with Crippen molar-refractivity contribution in [2.75, 3.05) is 6.61 Å². The third-order valence-electron chi connectivity index (χ3n) is 6.25. The first kappa shape index (κ1) is 32.4. The van der Waals surface area contributed by atoms with Crippen molar-refractivity contribution in [3.05, 3.63) is 24.3 Å². The second-order valence-corrected chi connectivity index (χ2v) is 9.96. The van der Waals surface area contributed by atoms with Crippen LogP contribution in [0.5, 0.6) is 0 Å². The van der Waals surface area contributed by atoms with E-state index in [9.17, 15) is 9.59 Å². The Labute approximate surface area is 210 Å². The van der Waals surface area contributed by atoms with Gasteiger partial charge in [-0.1, -0.05) is 110 Å². The second-order valence-electron chi connectivity index (χ2n) is 9.96. The molecule has 0 aromatic carbocycles. The van der Waals surface area contributed by atoms with Gasteiger partial charge in [0.2, 0.25) is 0 Å². The summed E-state index contributed by atoms with van der Waals surface area (Å²) >= 11 is 0. The van der Waals surface area contributed by atoms with Crippen LogP contribution in [0.2, 0.25) is 0 Å². The van der Waals surface area contributed by atoms with Crippen molar-refractivity contribution in [2.45, 2.75) is 149 Å². The Balaban J connectivity index is 0.000000757. The summed E-state index contributed by atoms with van der Waals surface area (Å²) in [6.07, 6.45) is 24.7. The zero-order valence-electron chi connectivity index (χ0n) is 22.8. The van der Waals surface area contributed by atoms with Crippen molar-refractivity contribution in [2.24, 2.45) is 0 Å². The highest BCUT2D eigenvalue weighted by Crippen LogP contribution is 2.21. The van der Waals surface area contributed by atoms with Crippen molar-refractivity contribution in [1.29, 1.82) is 0 Å². The largest absolute Gasteiger partial charge is 0.462 e. The smallest absolute Gasteiger partial charge is 0.333 e. The van der Waals surface area contributed by atoms with Crippen molar-refractivity contribution in [1.82, 2.24) is 0 Å². The van der Waals surface area contributed by atoms with Gasteiger partial charge in [0.1, 0.15) is 6.10 Å². The number of hydrogen-bond acceptors (Lipinski definition) is 4. The molecule has 0 aromatic rings. The van der Waals surface area contributed by atoms with E-state index in [2.05, 4.69) is 20.1 Å². The number of hydrogen-bond donors (Lipinski definition) is 0. The number of carbonyl (C=O) groups excluding carboxylic acids is 2. The molecule has 198 valence electrons. The molecule has 1 aliphatic rings. The summed E-state index contributed by atoms with van der Waals surface area (Å²) in [7, 11) is 0. The molecule has 0 spiro atoms. The van der Waals surface area contributed by atoms with Gasteiger partial charge in [0.25, 0.3) is 0 Å². The van der Waals surface area contributed by atoms with Gasteiger partial charge in [-0.3, -0.25) is 0 Å². The molecule has 0 aromatic heterocycles. The molecule has 0 aliphatic heterocycles. The van der Waals surface area contributed by atoms with E-state index in [1.807, 2.05) is 0 Å². The fourth-order valence-corrected chi connectivity index (χ4v) is 4.02. The standard InChI is InChI=1S/C20H38O2.C10H16O2/c1-4-5-6-7-8-9-10-11-12-13-14-15-16-17-18-22-20(21)19(2)3;1-8(2)10(11)12-9-6-4-3-5-7-9/h2,4-18H2,1,3H3;9H,1,3-7H2,2H3. The molecule has 1 saturated carbocycles. The second kappa shape index (κ2) is 23.2. The van der Waals surface area contributed by atoms with Gasteiger partial charge in [-0.05, 0) is 46.0 Å². The van der Waals surface area contributed by atoms with Crippen LogP contribution >= 0.6 is 0 Å². The van der Waals surface area contributed by atoms with Crippen LogP contribution in [-0.4, -0.2) is 24.6 Å². The first-order valence-electron chi connectivity index (χ1n) is 14.1. The van der Waals surface area contributed by atoms with E-state index in [4.69, 9.17) is 9.47 Å². The molecule has 0 saturated heterocycles. The summed E-state index contributed by atoms with van der Waals surface area (Å²) in [5.41, 5.74) is 0.992. The SMILES string of the molecule is C=C(C)C(=O)OC1CCCCC1.C=C(C)C(=O)OCCCCCCCCCCCCCCCC. The van der Waals surface area contributed by atoms with E-state index in [-0.39, 0.29) is 18.0 Å². The Bertz CT molecular complexity index is 546. The first-order valence-corrected chi connectivity index (χ1v) is 14.1. The lowest BCUT2D eigenvalue weighted by molar-refractivity contribution is -0.145. The maximum absolute atomic E-state index is 11.2. The Hall–Kier alpha value is -1.58. The Morgan fingerprint density at radius 3 is 1.47 bits per heavy atom. The molecule has 34 heavy (non-hydrogen) atoms. The minimum absolute atomic E-state index is 0.156. The van der Waals surface area contributed by atoms with Crippen molar-refractivity contribution in [3.63, 3.8) is 0 Å². The molecule has 4 nitrogen and oxygen atoms in total. The Kier molecular flexibility index (Phi) is 22.1. The zero-order valence-corrected chi connectivity index (χ0v) is 22.8. The molecule has 1 fully saturated rings. The quantitative estimate of drug-likeness (QED) is 0.112. The predicted molar refractivity (Wildman–Crippen MR) is 144 cm³/mol. The third-order valence-corrected chi connectivity index (χ3v) is 6.25. The summed E-state index contributed by atoms with van der Waals surface area (Å²) in [6.45, 7) is 13.3. The van der Waals surface area contributed by atoms with Gasteiger partial charge >= 0.3 is 11.9 Å². The molecule has 0 amide bonds. The topological polar surface area (TPSA) is 52.6 Å². The van der Waals surface area contributed by atoms with E-state index in [0.717, 1.165) is 19.3 Å². The molecule has 1 aliphatic carbocycles. The van der Waals surface area contributed by atoms with Crippen molar-refractivity contribution >= 4 is 11.9 Å². The van der Waals surface area contributed by atoms with Crippen LogP contribution in [0.1, 0.15) is 143 Å². The van der Waals surface area contributed by atoms with E-state index in [1.165, 1.54) is 103 Å². The molecule has 0 radical (unpaired) electrons. The van der Waals surface area contributed by atoms with E-state index in [0.29, 0.717) is 17.8 Å². The lowest BCUT2D eigenvalue weighted by atomic mass is 9.98. The fourth-order valence-electron chi connectivity index (χ4n) is 4.02. The lowest BCUT2D eigenvalue weighted by Crippen LogP contribution is -2.20. The Morgan fingerprint density at radius 1 is 0.647 bits per heavy atom. The van der Waals surface area contributed by atoms with Crippen molar-refractivity contribution in [3.8, 4) is 0 Å². The number of rotatable bonds is 18. The van der Waals surface area contributed by atoms with Gasteiger partial charge in [-0.2, -0.15) is 0 Å². The molecular weight excluding hydrogens is 424 g/mol. The van der Waals surface area contributed by atoms with Crippen LogP contribution in [0.3, 0.4) is 0 Å². The molecule has 0 unspecified atom stereocenters. The fraction of sp³-hybridized carbons (Fsp3) is 0.800. The summed E-state index contributed by atoms with van der Waals surface area (Å²) in [5, 5.41) is 0. The minimum atomic E-state index is -0.255. The maximum Gasteiger partial charge on any atom is 0.333 e. The van der Waals surface area contributed by atoms with Crippen LogP contribution in [0.15, 0.2) is 24.3 Å². The molecule has 0 bridgehead atoms. The Morgan fingerprint density at radius 2 is 1.06 bits per heavy atom. The van der Waals surface area contributed by atoms with Crippen LogP contribution in [0.4, 0.5) is 0 Å². The predicted octanol–water partition coefficient (Wildman–Crippen LogP) is 9.03. The van der Waals surface area contributed by atoms with E-state index in [1.54, 1.807) is 13.8 Å². The van der Waals surface area contributed by atoms with Gasteiger partial charge in [0.15, 0.2) is 0 Å². The molecule has 0 atom stereocenters. The summed E-state index contributed by atoms with van der Waals surface area (Å²) in [5.74, 6) is -0.489. The van der Waals surface area contributed by atoms with E-state index < -0.39 is 0 Å². The number of ether oxygens (including phenoxy) is 2. The van der Waals surface area contributed by atoms with Crippen molar-refractivity contribution < 1.29 is 19.1 Å². The molecule has 1 rings (SSSR count). The van der Waals surface area contributed by atoms with E-state index >= 15 is 0 Å². The third kappa shape index (κ3) is 21.0. The molecule has 0 heterocycles. The molecular formula is C30H54O4. The van der Waals surface area contributed by atoms with Gasteiger partial charge in [0, 0.05) is 11.1 Å². The summed E-state index contributed by atoms with van der Waals surface area (Å²) in [4.78, 5) is 22.2. The normalized spacial score (nSPS) is 13.5. The van der Waals surface area contributed by atoms with Gasteiger partial charge in [0.05, 0.1) is 6.61 Å². The maximum atomic E-state index is 11.2.